The summed E-state index contributed by atoms with van der Waals surface area (Å²) in [4.78, 5) is 9.63. The Bertz CT molecular complexity index is 2760. The second-order valence-corrected chi connectivity index (χ2v) is 11.5. The van der Waals surface area contributed by atoms with Crippen molar-refractivity contribution in [3.63, 3.8) is 0 Å². The number of benzene rings is 6. The first kappa shape index (κ1) is 24.3. The van der Waals surface area contributed by atoms with Crippen molar-refractivity contribution in [2.45, 2.75) is 0 Å². The molecule has 0 amide bonds. The molecule has 210 valence electrons. The fourth-order valence-corrected chi connectivity index (χ4v) is 6.78. The Morgan fingerprint density at radius 1 is 0.400 bits per heavy atom. The molecule has 0 saturated heterocycles. The van der Waals surface area contributed by atoms with E-state index in [1.54, 1.807) is 0 Å². The third-order valence-corrected chi connectivity index (χ3v) is 8.91. The molecule has 0 N–H and O–H groups in total. The quantitative estimate of drug-likeness (QED) is 0.210. The van der Waals surface area contributed by atoms with Crippen LogP contribution in [0.1, 0.15) is 0 Å². The van der Waals surface area contributed by atoms with E-state index in [0.717, 1.165) is 82.7 Å². The number of furan rings is 2. The largest absolute Gasteiger partial charge is 0.456 e. The molecule has 0 radical (unpaired) electrons. The zero-order valence-electron chi connectivity index (χ0n) is 23.9. The van der Waals surface area contributed by atoms with Gasteiger partial charge in [-0.15, -0.1) is 0 Å². The molecule has 5 heteroatoms. The minimum atomic E-state index is 0.693. The lowest BCUT2D eigenvalue weighted by atomic mass is 10.0. The van der Waals surface area contributed by atoms with Crippen LogP contribution in [0.2, 0.25) is 0 Å². The van der Waals surface area contributed by atoms with Gasteiger partial charge in [0.05, 0.1) is 11.0 Å². The summed E-state index contributed by atoms with van der Waals surface area (Å²) >= 11 is 0. The topological polar surface area (TPSA) is 57.0 Å². The molecule has 0 bridgehead atoms. The highest BCUT2D eigenvalue weighted by Crippen LogP contribution is 2.37. The van der Waals surface area contributed by atoms with E-state index in [4.69, 9.17) is 18.8 Å². The number of para-hydroxylation sites is 3. The SMILES string of the molecule is c1ccc2c(c1)oc1ccc(-c3cnc(-c4ccc5c(c4)c4ccccc4n5-c4ccc5oc6ccccc6c5c4)nc3)cc12. The van der Waals surface area contributed by atoms with Crippen molar-refractivity contribution < 1.29 is 8.83 Å². The molecule has 6 aromatic carbocycles. The maximum absolute atomic E-state index is 6.11. The third kappa shape index (κ3) is 3.61. The summed E-state index contributed by atoms with van der Waals surface area (Å²) in [5.41, 5.74) is 9.93. The van der Waals surface area contributed by atoms with Crippen molar-refractivity contribution in [3.8, 4) is 28.2 Å². The van der Waals surface area contributed by atoms with Gasteiger partial charge in [0.2, 0.25) is 0 Å². The molecular weight excluding hydrogens is 554 g/mol. The Morgan fingerprint density at radius 2 is 0.956 bits per heavy atom. The highest BCUT2D eigenvalue weighted by molar-refractivity contribution is 6.11. The van der Waals surface area contributed by atoms with Gasteiger partial charge in [0.25, 0.3) is 0 Å². The van der Waals surface area contributed by atoms with Crippen LogP contribution in [0.5, 0.6) is 0 Å². The monoisotopic (exact) mass is 577 g/mol. The van der Waals surface area contributed by atoms with E-state index in [-0.39, 0.29) is 0 Å². The Labute approximate surface area is 256 Å². The first-order chi connectivity index (χ1) is 22.3. The van der Waals surface area contributed by atoms with Gasteiger partial charge in [-0.1, -0.05) is 60.7 Å². The number of rotatable bonds is 3. The fraction of sp³-hybridized carbons (Fsp3) is 0. The van der Waals surface area contributed by atoms with Crippen molar-refractivity contribution in [2.24, 2.45) is 0 Å². The first-order valence-corrected chi connectivity index (χ1v) is 15.0. The summed E-state index contributed by atoms with van der Waals surface area (Å²) in [7, 11) is 0. The first-order valence-electron chi connectivity index (χ1n) is 15.0. The Balaban J connectivity index is 1.07. The molecule has 10 rings (SSSR count). The average molecular weight is 578 g/mol. The molecule has 45 heavy (non-hydrogen) atoms. The number of hydrogen-bond donors (Lipinski definition) is 0. The minimum absolute atomic E-state index is 0.693. The maximum atomic E-state index is 6.11. The molecule has 0 fully saturated rings. The zero-order chi connectivity index (χ0) is 29.5. The van der Waals surface area contributed by atoms with E-state index >= 15 is 0 Å². The van der Waals surface area contributed by atoms with Crippen LogP contribution in [0.4, 0.5) is 0 Å². The third-order valence-electron chi connectivity index (χ3n) is 8.91. The second kappa shape index (κ2) is 9.15. The minimum Gasteiger partial charge on any atom is -0.456 e. The van der Waals surface area contributed by atoms with Gasteiger partial charge in [-0.2, -0.15) is 0 Å². The van der Waals surface area contributed by atoms with Gasteiger partial charge >= 0.3 is 0 Å². The molecule has 0 aliphatic carbocycles. The summed E-state index contributed by atoms with van der Waals surface area (Å²) in [5.74, 6) is 0.693. The summed E-state index contributed by atoms with van der Waals surface area (Å²) in [5, 5.41) is 6.77. The number of nitrogens with zero attached hydrogens (tertiary/aromatic N) is 3. The number of hydrogen-bond acceptors (Lipinski definition) is 4. The van der Waals surface area contributed by atoms with Crippen LogP contribution < -0.4 is 0 Å². The van der Waals surface area contributed by atoms with E-state index < -0.39 is 0 Å². The van der Waals surface area contributed by atoms with Gasteiger partial charge in [-0.3, -0.25) is 0 Å². The molecule has 4 heterocycles. The summed E-state index contributed by atoms with van der Waals surface area (Å²) < 4.78 is 14.4. The highest BCUT2D eigenvalue weighted by Gasteiger charge is 2.16. The molecule has 0 aliphatic heterocycles. The normalized spacial score (nSPS) is 12.0. The molecule has 0 spiro atoms. The van der Waals surface area contributed by atoms with Gasteiger partial charge in [0, 0.05) is 61.5 Å². The molecule has 0 saturated carbocycles. The lowest BCUT2D eigenvalue weighted by Crippen LogP contribution is -1.94. The Morgan fingerprint density at radius 3 is 1.71 bits per heavy atom. The van der Waals surface area contributed by atoms with Crippen molar-refractivity contribution >= 4 is 65.7 Å². The predicted octanol–water partition coefficient (Wildman–Crippen LogP) is 10.7. The van der Waals surface area contributed by atoms with E-state index in [0.29, 0.717) is 5.82 Å². The van der Waals surface area contributed by atoms with E-state index in [9.17, 15) is 0 Å². The fourth-order valence-electron chi connectivity index (χ4n) is 6.78. The molecule has 10 aromatic rings. The molecule has 4 aromatic heterocycles. The molecule has 0 unspecified atom stereocenters. The van der Waals surface area contributed by atoms with Crippen LogP contribution >= 0.6 is 0 Å². The molecule has 0 aliphatic rings. The molecular formula is C40H23N3O2. The van der Waals surface area contributed by atoms with E-state index in [2.05, 4.69) is 95.6 Å². The van der Waals surface area contributed by atoms with Gasteiger partial charge in [0.1, 0.15) is 22.3 Å². The van der Waals surface area contributed by atoms with E-state index in [1.807, 2.05) is 48.8 Å². The van der Waals surface area contributed by atoms with Gasteiger partial charge in [-0.05, 0) is 72.3 Å². The molecule has 0 atom stereocenters. The van der Waals surface area contributed by atoms with Gasteiger partial charge < -0.3 is 13.4 Å². The van der Waals surface area contributed by atoms with Gasteiger partial charge in [0.15, 0.2) is 5.82 Å². The van der Waals surface area contributed by atoms with Crippen molar-refractivity contribution in [1.29, 1.82) is 0 Å². The van der Waals surface area contributed by atoms with Crippen LogP contribution in [0.15, 0.2) is 149 Å². The summed E-state index contributed by atoms with van der Waals surface area (Å²) in [6.07, 6.45) is 3.81. The van der Waals surface area contributed by atoms with Crippen LogP contribution in [0, 0.1) is 0 Å². The van der Waals surface area contributed by atoms with Gasteiger partial charge in [-0.25, -0.2) is 9.97 Å². The average Bonchev–Trinajstić information content (AvgIpc) is 3.77. The molecule has 5 nitrogen and oxygen atoms in total. The summed E-state index contributed by atoms with van der Waals surface area (Å²) in [6, 6.07) is 44.1. The number of fused-ring (bicyclic) bond motifs is 9. The predicted molar refractivity (Wildman–Crippen MR) is 182 cm³/mol. The summed E-state index contributed by atoms with van der Waals surface area (Å²) in [6.45, 7) is 0. The lowest BCUT2D eigenvalue weighted by molar-refractivity contribution is 0.668. The zero-order valence-corrected chi connectivity index (χ0v) is 23.9. The second-order valence-electron chi connectivity index (χ2n) is 11.5. The van der Waals surface area contributed by atoms with E-state index in [1.165, 1.54) is 5.39 Å². The lowest BCUT2D eigenvalue weighted by Gasteiger charge is -2.08. The van der Waals surface area contributed by atoms with Crippen molar-refractivity contribution in [3.05, 3.63) is 140 Å². The van der Waals surface area contributed by atoms with Crippen LogP contribution in [-0.4, -0.2) is 14.5 Å². The van der Waals surface area contributed by atoms with Crippen LogP contribution in [-0.2, 0) is 0 Å². The number of aromatic nitrogens is 3. The maximum Gasteiger partial charge on any atom is 0.159 e. The van der Waals surface area contributed by atoms with Crippen LogP contribution in [0.25, 0.3) is 93.9 Å². The smallest absolute Gasteiger partial charge is 0.159 e. The van der Waals surface area contributed by atoms with Crippen LogP contribution in [0.3, 0.4) is 0 Å². The standard InChI is InChI=1S/C40H23N3O2/c1-4-10-34-28(7-1)31-20-25(13-16-35(31)43(34)27-15-18-39-33(21-27)30-9-3-6-12-37(30)45-39)40-41-22-26(23-42-40)24-14-17-38-32(19-24)29-8-2-5-11-36(29)44-38/h1-23H. The van der Waals surface area contributed by atoms with Crippen molar-refractivity contribution in [1.82, 2.24) is 14.5 Å². The Kier molecular flexibility index (Phi) is 4.93. The Hall–Kier alpha value is -6.20. The van der Waals surface area contributed by atoms with Crippen molar-refractivity contribution in [2.75, 3.05) is 0 Å². The highest BCUT2D eigenvalue weighted by atomic mass is 16.3.